The minimum Gasteiger partial charge on any atom is -0.493 e. The van der Waals surface area contributed by atoms with E-state index in [0.29, 0.717) is 42.1 Å². The van der Waals surface area contributed by atoms with Crippen molar-refractivity contribution in [1.82, 2.24) is 15.2 Å². The first-order valence-corrected chi connectivity index (χ1v) is 10.7. The third-order valence-corrected chi connectivity index (χ3v) is 5.74. The highest BCUT2D eigenvalue weighted by molar-refractivity contribution is 5.77. The van der Waals surface area contributed by atoms with Gasteiger partial charge in [0.2, 0.25) is 6.93 Å². The van der Waals surface area contributed by atoms with Crippen molar-refractivity contribution in [3.8, 4) is 22.9 Å². The fraction of sp³-hybridized carbons (Fsp3) is 0.348. The number of ether oxygens (including phenoxy) is 2. The van der Waals surface area contributed by atoms with E-state index in [1.807, 2.05) is 6.07 Å². The molecule has 8 nitrogen and oxygen atoms in total. The van der Waals surface area contributed by atoms with Crippen LogP contribution in [-0.2, 0) is 6.61 Å². The normalized spacial score (nSPS) is 18.1. The van der Waals surface area contributed by atoms with Gasteiger partial charge in [0.1, 0.15) is 6.10 Å². The molecule has 4 heterocycles. The minimum atomic E-state index is -1.75. The molecule has 186 valence electrons. The molecule has 35 heavy (non-hydrogen) atoms. The van der Waals surface area contributed by atoms with Gasteiger partial charge >= 0.3 is 0 Å². The van der Waals surface area contributed by atoms with Gasteiger partial charge < -0.3 is 24.8 Å². The second-order valence-corrected chi connectivity index (χ2v) is 7.84. The standard InChI is InChI=1S/C22H21F2N5O3.CH2F2/c1-31-20-15(3-2-4-16(20)23)18-7-19-21(28-27-18)25-9-13-6-14(10-29(13)19)32-22-17(24)5-12(11-30)8-26-22;2-1-3/h2-5,7-8,13-14,30H,6,9-11H2,1H3,(H,25,28);1H2. The summed E-state index contributed by atoms with van der Waals surface area (Å²) in [5, 5.41) is 20.9. The summed E-state index contributed by atoms with van der Waals surface area (Å²) in [6.45, 7) is -0.886. The monoisotopic (exact) mass is 493 g/mol. The summed E-state index contributed by atoms with van der Waals surface area (Å²) in [5.74, 6) is -0.434. The van der Waals surface area contributed by atoms with Gasteiger partial charge in [0.05, 0.1) is 37.7 Å². The molecular weight excluding hydrogens is 470 g/mol. The Morgan fingerprint density at radius 3 is 2.69 bits per heavy atom. The number of para-hydroxylation sites is 1. The molecular formula is C23H23F4N5O3. The molecule has 0 amide bonds. The van der Waals surface area contributed by atoms with Crippen LogP contribution in [0.25, 0.3) is 11.3 Å². The Bertz CT molecular complexity index is 1190. The largest absolute Gasteiger partial charge is 0.493 e. The van der Waals surface area contributed by atoms with E-state index in [9.17, 15) is 17.6 Å². The zero-order valence-electron chi connectivity index (χ0n) is 18.7. The van der Waals surface area contributed by atoms with E-state index in [4.69, 9.17) is 14.6 Å². The van der Waals surface area contributed by atoms with Gasteiger partial charge in [0, 0.05) is 24.7 Å². The van der Waals surface area contributed by atoms with Crippen molar-refractivity contribution < 1.29 is 32.1 Å². The molecule has 2 N–H and O–H groups in total. The number of nitrogens with zero attached hydrogens (tertiary/aromatic N) is 4. The molecule has 2 atom stereocenters. The molecule has 2 aliphatic rings. The van der Waals surface area contributed by atoms with Crippen molar-refractivity contribution in [2.75, 3.05) is 37.3 Å². The number of fused-ring (bicyclic) bond motifs is 3. The van der Waals surface area contributed by atoms with Crippen LogP contribution < -0.4 is 19.7 Å². The van der Waals surface area contributed by atoms with Gasteiger partial charge in [-0.05, 0) is 29.8 Å². The maximum absolute atomic E-state index is 14.3. The second kappa shape index (κ2) is 10.7. The number of hydrogen-bond donors (Lipinski definition) is 2. The molecule has 5 rings (SSSR count). The van der Waals surface area contributed by atoms with Crippen molar-refractivity contribution in [2.45, 2.75) is 25.2 Å². The lowest BCUT2D eigenvalue weighted by atomic mass is 10.1. The lowest BCUT2D eigenvalue weighted by Crippen LogP contribution is -2.40. The highest BCUT2D eigenvalue weighted by Crippen LogP contribution is 2.39. The molecule has 3 aromatic rings. The summed E-state index contributed by atoms with van der Waals surface area (Å²) in [5.41, 5.74) is 2.19. The molecule has 1 saturated heterocycles. The van der Waals surface area contributed by atoms with E-state index in [1.54, 1.807) is 12.1 Å². The van der Waals surface area contributed by atoms with E-state index in [1.165, 1.54) is 25.4 Å². The molecule has 2 aliphatic heterocycles. The fourth-order valence-electron chi connectivity index (χ4n) is 4.23. The van der Waals surface area contributed by atoms with Gasteiger partial charge in [-0.15, -0.1) is 10.2 Å². The third kappa shape index (κ3) is 5.06. The Hall–Kier alpha value is -3.67. The molecule has 0 aliphatic carbocycles. The Morgan fingerprint density at radius 1 is 1.17 bits per heavy atom. The van der Waals surface area contributed by atoms with Gasteiger partial charge in [-0.2, -0.15) is 0 Å². The number of pyridine rings is 1. The number of hydrogen-bond acceptors (Lipinski definition) is 8. The maximum Gasteiger partial charge on any atom is 0.250 e. The fourth-order valence-corrected chi connectivity index (χ4v) is 4.23. The summed E-state index contributed by atoms with van der Waals surface area (Å²) >= 11 is 0. The summed E-state index contributed by atoms with van der Waals surface area (Å²) in [7, 11) is 1.41. The van der Waals surface area contributed by atoms with Gasteiger partial charge in [0.25, 0.3) is 5.88 Å². The molecule has 12 heteroatoms. The van der Waals surface area contributed by atoms with Crippen LogP contribution in [0.4, 0.5) is 29.1 Å². The number of aromatic nitrogens is 3. The van der Waals surface area contributed by atoms with Crippen molar-refractivity contribution in [3.05, 3.63) is 53.7 Å². The van der Waals surface area contributed by atoms with Gasteiger partial charge in [-0.1, -0.05) is 6.07 Å². The Balaban J connectivity index is 0.000000917. The number of aliphatic hydroxyl groups excluding tert-OH is 1. The average Bonchev–Trinajstić information content (AvgIpc) is 3.28. The van der Waals surface area contributed by atoms with E-state index in [2.05, 4.69) is 25.4 Å². The van der Waals surface area contributed by atoms with Crippen LogP contribution in [0.5, 0.6) is 11.6 Å². The van der Waals surface area contributed by atoms with E-state index < -0.39 is 18.6 Å². The first kappa shape index (κ1) is 24.5. The summed E-state index contributed by atoms with van der Waals surface area (Å²) in [6, 6.07) is 7.82. The predicted molar refractivity (Wildman–Crippen MR) is 120 cm³/mol. The van der Waals surface area contributed by atoms with Crippen molar-refractivity contribution in [1.29, 1.82) is 0 Å². The van der Waals surface area contributed by atoms with Crippen molar-refractivity contribution >= 4 is 11.5 Å². The number of anilines is 2. The van der Waals surface area contributed by atoms with Crippen LogP contribution >= 0.6 is 0 Å². The molecule has 1 fully saturated rings. The SMILES string of the molecule is COc1c(F)cccc1-c1cc2c(nn1)NCC1CC(Oc3ncc(CO)cc3F)CN21.FCF. The van der Waals surface area contributed by atoms with Gasteiger partial charge in [-0.3, -0.25) is 0 Å². The molecule has 2 aromatic heterocycles. The molecule has 0 bridgehead atoms. The Morgan fingerprint density at radius 2 is 1.97 bits per heavy atom. The van der Waals surface area contributed by atoms with Crippen molar-refractivity contribution in [2.24, 2.45) is 0 Å². The third-order valence-electron chi connectivity index (χ3n) is 5.74. The zero-order valence-corrected chi connectivity index (χ0v) is 18.7. The lowest BCUT2D eigenvalue weighted by Gasteiger charge is -2.33. The quantitative estimate of drug-likeness (QED) is 0.521. The van der Waals surface area contributed by atoms with Gasteiger partial charge in [0.15, 0.2) is 23.2 Å². The van der Waals surface area contributed by atoms with Crippen LogP contribution in [0.3, 0.4) is 0 Å². The smallest absolute Gasteiger partial charge is 0.250 e. The van der Waals surface area contributed by atoms with E-state index in [-0.39, 0.29) is 30.4 Å². The number of alkyl halides is 2. The van der Waals surface area contributed by atoms with Gasteiger partial charge in [-0.25, -0.2) is 22.5 Å². The van der Waals surface area contributed by atoms with Crippen LogP contribution in [0.15, 0.2) is 36.5 Å². The highest BCUT2D eigenvalue weighted by Gasteiger charge is 2.38. The average molecular weight is 493 g/mol. The number of halogens is 4. The number of benzene rings is 1. The summed E-state index contributed by atoms with van der Waals surface area (Å²) in [4.78, 5) is 6.13. The first-order valence-electron chi connectivity index (χ1n) is 10.7. The minimum absolute atomic E-state index is 0.0849. The highest BCUT2D eigenvalue weighted by atomic mass is 19.3. The van der Waals surface area contributed by atoms with Crippen molar-refractivity contribution in [3.63, 3.8) is 0 Å². The second-order valence-electron chi connectivity index (χ2n) is 7.84. The molecule has 2 unspecified atom stereocenters. The van der Waals surface area contributed by atoms with Crippen LogP contribution in [-0.4, -0.2) is 59.6 Å². The summed E-state index contributed by atoms with van der Waals surface area (Å²) < 4.78 is 58.7. The maximum atomic E-state index is 14.3. The topological polar surface area (TPSA) is 92.6 Å². The zero-order chi connectivity index (χ0) is 24.9. The van der Waals surface area contributed by atoms with E-state index in [0.717, 1.165) is 5.69 Å². The molecule has 1 aromatic carbocycles. The lowest BCUT2D eigenvalue weighted by molar-refractivity contribution is 0.201. The first-order chi connectivity index (χ1) is 17.0. The number of methoxy groups -OCH3 is 1. The van der Waals surface area contributed by atoms with Crippen LogP contribution in [0.2, 0.25) is 0 Å². The Labute approximate surface area is 198 Å². The predicted octanol–water partition coefficient (Wildman–Crippen LogP) is 3.65. The summed E-state index contributed by atoms with van der Waals surface area (Å²) in [6.07, 6.45) is 1.78. The number of nitrogens with one attached hydrogen (secondary N) is 1. The molecule has 0 spiro atoms. The van der Waals surface area contributed by atoms with E-state index >= 15 is 0 Å². The number of rotatable bonds is 5. The van der Waals surface area contributed by atoms with Crippen LogP contribution in [0, 0.1) is 11.6 Å². The number of aliphatic hydroxyl groups is 1. The Kier molecular flexibility index (Phi) is 7.49. The molecule has 0 saturated carbocycles. The van der Waals surface area contributed by atoms with Crippen LogP contribution in [0.1, 0.15) is 12.0 Å². The molecule has 0 radical (unpaired) electrons.